The molecule has 4 aromatic carbocycles. The summed E-state index contributed by atoms with van der Waals surface area (Å²) in [6, 6.07) is 3.96. The number of rotatable bonds is 3. The van der Waals surface area contributed by atoms with Crippen LogP contribution < -0.4 is 20.9 Å². The summed E-state index contributed by atoms with van der Waals surface area (Å²) in [7, 11) is 0. The van der Waals surface area contributed by atoms with E-state index in [0.29, 0.717) is 44.5 Å². The van der Waals surface area contributed by atoms with Gasteiger partial charge in [0.25, 0.3) is 0 Å². The van der Waals surface area contributed by atoms with Crippen LogP contribution in [0, 0.1) is 13.8 Å². The lowest BCUT2D eigenvalue weighted by Gasteiger charge is -2.21. The van der Waals surface area contributed by atoms with Gasteiger partial charge in [-0.05, 0) is 47.6 Å². The van der Waals surface area contributed by atoms with Crippen molar-refractivity contribution >= 4 is 21.5 Å². The first-order chi connectivity index (χ1) is 17.9. The highest BCUT2D eigenvalue weighted by Gasteiger charge is 2.39. The Morgan fingerprint density at radius 2 is 0.974 bits per heavy atom. The molecule has 198 valence electrons. The number of hydrogen-bond acceptors (Lipinski definition) is 8. The number of phenols is 4. The van der Waals surface area contributed by atoms with Gasteiger partial charge in [0.15, 0.2) is 35.5 Å². The molecule has 2 aliphatic heterocycles. The Balaban J connectivity index is 1.79. The fourth-order valence-electron chi connectivity index (χ4n) is 6.49. The van der Waals surface area contributed by atoms with E-state index in [9.17, 15) is 20.4 Å². The minimum absolute atomic E-state index is 0.0704. The Morgan fingerprint density at radius 3 is 1.29 bits per heavy atom. The molecule has 0 saturated heterocycles. The van der Waals surface area contributed by atoms with Crippen molar-refractivity contribution in [2.45, 2.75) is 65.8 Å². The molecule has 0 aliphatic carbocycles. The normalized spacial score (nSPS) is 17.7. The lowest BCUT2D eigenvalue weighted by Crippen LogP contribution is -2.14. The molecule has 4 aromatic rings. The molecular weight excluding hydrogens is 484 g/mol. The Morgan fingerprint density at radius 1 is 0.632 bits per heavy atom. The average Bonchev–Trinajstić information content (AvgIpc) is 3.34. The summed E-state index contributed by atoms with van der Waals surface area (Å²) in [6.45, 7) is 11.7. The third-order valence-electron chi connectivity index (χ3n) is 8.01. The van der Waals surface area contributed by atoms with E-state index < -0.39 is 12.5 Å². The zero-order chi connectivity index (χ0) is 27.5. The van der Waals surface area contributed by atoms with Gasteiger partial charge < -0.3 is 29.9 Å². The minimum Gasteiger partial charge on any atom is -0.504 e. The van der Waals surface area contributed by atoms with Gasteiger partial charge in [-0.3, -0.25) is 11.5 Å². The molecule has 2 heterocycles. The number of aromatic hydroxyl groups is 4. The van der Waals surface area contributed by atoms with Gasteiger partial charge in [-0.15, -0.1) is 0 Å². The van der Waals surface area contributed by atoms with E-state index in [1.807, 2.05) is 53.7 Å². The van der Waals surface area contributed by atoms with E-state index in [1.54, 1.807) is 0 Å². The first-order valence-corrected chi connectivity index (χ1v) is 12.8. The molecule has 2 aliphatic rings. The summed E-state index contributed by atoms with van der Waals surface area (Å²) in [5.41, 5.74) is 17.8. The monoisotopic (exact) mass is 516 g/mol. The molecule has 0 saturated carbocycles. The van der Waals surface area contributed by atoms with E-state index >= 15 is 0 Å². The number of phenolic OH excluding ortho intramolecular Hbond substituents is 4. The first-order valence-electron chi connectivity index (χ1n) is 12.8. The summed E-state index contributed by atoms with van der Waals surface area (Å²) in [4.78, 5) is 0. The fraction of sp³-hybridized carbons (Fsp3) is 0.333. The van der Waals surface area contributed by atoms with Crippen LogP contribution >= 0.6 is 0 Å². The van der Waals surface area contributed by atoms with Gasteiger partial charge in [0, 0.05) is 33.0 Å². The zero-order valence-electron chi connectivity index (χ0n) is 22.2. The van der Waals surface area contributed by atoms with Gasteiger partial charge in [0.1, 0.15) is 11.5 Å². The third kappa shape index (κ3) is 2.87. The molecule has 38 heavy (non-hydrogen) atoms. The van der Waals surface area contributed by atoms with Gasteiger partial charge in [-0.25, -0.2) is 0 Å². The summed E-state index contributed by atoms with van der Waals surface area (Å²) >= 11 is 0. The number of aryl methyl sites for hydroxylation is 2. The van der Waals surface area contributed by atoms with Crippen molar-refractivity contribution in [3.63, 3.8) is 0 Å². The van der Waals surface area contributed by atoms with Crippen LogP contribution in [0.5, 0.6) is 34.5 Å². The predicted octanol–water partition coefficient (Wildman–Crippen LogP) is 6.05. The average molecular weight is 517 g/mol. The smallest absolute Gasteiger partial charge is 0.178 e. The molecule has 0 unspecified atom stereocenters. The highest BCUT2D eigenvalue weighted by molar-refractivity contribution is 6.10. The largest absolute Gasteiger partial charge is 0.504 e. The second kappa shape index (κ2) is 7.82. The highest BCUT2D eigenvalue weighted by atomic mass is 16.5. The van der Waals surface area contributed by atoms with Crippen LogP contribution in [0.2, 0.25) is 0 Å². The van der Waals surface area contributed by atoms with Crippen LogP contribution in [0.25, 0.3) is 32.7 Å². The van der Waals surface area contributed by atoms with E-state index in [1.165, 1.54) is 0 Å². The van der Waals surface area contributed by atoms with E-state index in [4.69, 9.17) is 20.9 Å². The third-order valence-corrected chi connectivity index (χ3v) is 8.01. The van der Waals surface area contributed by atoms with Crippen molar-refractivity contribution in [1.82, 2.24) is 0 Å². The minimum atomic E-state index is -0.971. The molecule has 0 radical (unpaired) electrons. The lowest BCUT2D eigenvalue weighted by atomic mass is 9.84. The molecule has 8 heteroatoms. The summed E-state index contributed by atoms with van der Waals surface area (Å²) in [6.07, 6.45) is -1.94. The van der Waals surface area contributed by atoms with E-state index in [0.717, 1.165) is 33.0 Å². The maximum Gasteiger partial charge on any atom is 0.178 e. The van der Waals surface area contributed by atoms with Gasteiger partial charge in [-0.2, -0.15) is 0 Å². The van der Waals surface area contributed by atoms with Crippen molar-refractivity contribution < 1.29 is 29.9 Å². The Bertz CT molecular complexity index is 1600. The lowest BCUT2D eigenvalue weighted by molar-refractivity contribution is 0.225. The number of ether oxygens (including phenoxy) is 2. The molecule has 0 aromatic heterocycles. The van der Waals surface area contributed by atoms with Gasteiger partial charge in [-0.1, -0.05) is 39.8 Å². The van der Waals surface area contributed by atoms with Crippen LogP contribution in [0.4, 0.5) is 0 Å². The van der Waals surface area contributed by atoms with E-state index in [-0.39, 0.29) is 34.8 Å². The van der Waals surface area contributed by atoms with Crippen LogP contribution in [0.3, 0.4) is 0 Å². The molecule has 8 N–H and O–H groups in total. The number of benzene rings is 4. The molecule has 2 atom stereocenters. The Hall–Kier alpha value is -3.88. The zero-order valence-corrected chi connectivity index (χ0v) is 22.2. The molecule has 0 fully saturated rings. The molecular formula is C30H32N2O6. The van der Waals surface area contributed by atoms with Gasteiger partial charge in [0.2, 0.25) is 0 Å². The number of nitrogens with two attached hydrogens (primary N) is 2. The Labute approximate surface area is 220 Å². The number of hydrogen-bond donors (Lipinski definition) is 6. The summed E-state index contributed by atoms with van der Waals surface area (Å²) in [5, 5.41) is 46.4. The van der Waals surface area contributed by atoms with Crippen molar-refractivity contribution in [1.29, 1.82) is 0 Å². The molecule has 6 rings (SSSR count). The summed E-state index contributed by atoms with van der Waals surface area (Å²) in [5.74, 6) is -0.0610. The molecule has 0 spiro atoms. The molecule has 8 nitrogen and oxygen atoms in total. The molecule has 0 amide bonds. The van der Waals surface area contributed by atoms with Crippen LogP contribution in [0.15, 0.2) is 12.1 Å². The quantitative estimate of drug-likeness (QED) is 0.180. The van der Waals surface area contributed by atoms with Crippen LogP contribution in [-0.2, 0) is 0 Å². The summed E-state index contributed by atoms with van der Waals surface area (Å²) < 4.78 is 12.4. The second-order valence-electron chi connectivity index (χ2n) is 11.1. The predicted molar refractivity (Wildman–Crippen MR) is 146 cm³/mol. The van der Waals surface area contributed by atoms with Crippen LogP contribution in [-0.4, -0.2) is 20.4 Å². The van der Waals surface area contributed by atoms with Crippen LogP contribution in [0.1, 0.15) is 85.4 Å². The van der Waals surface area contributed by atoms with Gasteiger partial charge >= 0.3 is 0 Å². The SMILES string of the molecule is Cc1cc2c(C(C)C)c(O)c(O)c3c2c(c1-c1c(C)cc2c(C(C)C)c(O)c(O)c4c2c1O[C@H]4N)O[C@H]3N. The first kappa shape index (κ1) is 24.5. The van der Waals surface area contributed by atoms with Crippen molar-refractivity contribution in [3.8, 4) is 45.6 Å². The van der Waals surface area contributed by atoms with Crippen molar-refractivity contribution in [2.24, 2.45) is 11.5 Å². The Kier molecular flexibility index (Phi) is 5.03. The maximum atomic E-state index is 10.9. The molecule has 0 bridgehead atoms. The van der Waals surface area contributed by atoms with Gasteiger partial charge in [0.05, 0.1) is 11.1 Å². The topological polar surface area (TPSA) is 151 Å². The maximum absolute atomic E-state index is 10.9. The van der Waals surface area contributed by atoms with E-state index in [2.05, 4.69) is 0 Å². The highest BCUT2D eigenvalue weighted by Crippen LogP contribution is 2.60. The van der Waals surface area contributed by atoms with Crippen molar-refractivity contribution in [2.75, 3.05) is 0 Å². The standard InChI is InChI=1S/C30H32N2O6/c1-9(2)15-13-7-11(5)17(27-19(13)21(29(31)37-27)25(35)23(15)33)18-12(6)8-14-16(10(3)4)24(34)26(36)22-20(14)28(18)38-30(22)32/h7-10,29-30,33-36H,31-32H2,1-6H3/t29-,30-/m1/s1. The fourth-order valence-corrected chi connectivity index (χ4v) is 6.49. The second-order valence-corrected chi connectivity index (χ2v) is 11.1. The van der Waals surface area contributed by atoms with Crippen molar-refractivity contribution in [3.05, 3.63) is 45.5 Å².